The van der Waals surface area contributed by atoms with E-state index < -0.39 is 0 Å². The molecule has 0 saturated carbocycles. The first-order valence-corrected chi connectivity index (χ1v) is 7.89. The van der Waals surface area contributed by atoms with Gasteiger partial charge >= 0.3 is 0 Å². The summed E-state index contributed by atoms with van der Waals surface area (Å²) in [5, 5.41) is 11.5. The fourth-order valence-corrected chi connectivity index (χ4v) is 2.26. The van der Waals surface area contributed by atoms with Crippen molar-refractivity contribution in [2.45, 2.75) is 13.8 Å². The van der Waals surface area contributed by atoms with E-state index in [1.165, 1.54) is 0 Å². The lowest BCUT2D eigenvalue weighted by Crippen LogP contribution is -2.10. The summed E-state index contributed by atoms with van der Waals surface area (Å²) in [6.07, 6.45) is 3.65. The molecule has 3 aromatic rings. The monoisotopic (exact) mass is 324 g/mol. The van der Waals surface area contributed by atoms with E-state index in [4.69, 9.17) is 0 Å². The maximum atomic E-state index is 4.28. The number of nitrogens with one attached hydrogen (secondary N) is 4. The first-order chi connectivity index (χ1) is 11.8. The summed E-state index contributed by atoms with van der Waals surface area (Å²) in [6.45, 7) is 5.43. The van der Waals surface area contributed by atoms with E-state index in [1.54, 1.807) is 6.21 Å². The van der Waals surface area contributed by atoms with Crippen molar-refractivity contribution in [2.75, 3.05) is 29.1 Å². The Kier molecular flexibility index (Phi) is 4.85. The Bertz CT molecular complexity index is 815. The van der Waals surface area contributed by atoms with Crippen LogP contribution in [0.15, 0.2) is 35.6 Å². The number of aromatic nitrogens is 4. The molecule has 24 heavy (non-hydrogen) atoms. The molecular weight excluding hydrogens is 304 g/mol. The van der Waals surface area contributed by atoms with Gasteiger partial charge in [-0.2, -0.15) is 20.1 Å². The molecule has 0 bridgehead atoms. The van der Waals surface area contributed by atoms with Crippen LogP contribution in [-0.2, 0) is 0 Å². The minimum Gasteiger partial charge on any atom is -0.361 e. The highest BCUT2D eigenvalue weighted by Gasteiger charge is 2.05. The molecule has 124 valence electrons. The molecule has 8 nitrogen and oxygen atoms in total. The SMILES string of the molecule is CCNc1nc(NCC)nc(N/N=C/c2c[nH]c3ccccc23)n1. The van der Waals surface area contributed by atoms with Gasteiger partial charge in [-0.1, -0.05) is 18.2 Å². The molecule has 4 N–H and O–H groups in total. The molecule has 0 aliphatic heterocycles. The van der Waals surface area contributed by atoms with Crippen LogP contribution in [0.2, 0.25) is 0 Å². The summed E-state index contributed by atoms with van der Waals surface area (Å²) in [5.74, 6) is 1.40. The minimum atomic E-state index is 0.382. The number of H-pyrrole nitrogens is 1. The second-order valence-electron chi connectivity index (χ2n) is 5.03. The molecule has 0 radical (unpaired) electrons. The van der Waals surface area contributed by atoms with Crippen LogP contribution in [-0.4, -0.2) is 39.2 Å². The third-order valence-electron chi connectivity index (χ3n) is 3.29. The van der Waals surface area contributed by atoms with Gasteiger partial charge in [-0.3, -0.25) is 0 Å². The fraction of sp³-hybridized carbons (Fsp3) is 0.250. The summed E-state index contributed by atoms with van der Waals surface area (Å²) < 4.78 is 0. The van der Waals surface area contributed by atoms with Crippen LogP contribution < -0.4 is 16.1 Å². The summed E-state index contributed by atoms with van der Waals surface area (Å²) in [4.78, 5) is 16.0. The average molecular weight is 324 g/mol. The van der Waals surface area contributed by atoms with E-state index in [-0.39, 0.29) is 0 Å². The average Bonchev–Trinajstić information content (AvgIpc) is 2.99. The number of para-hydroxylation sites is 1. The molecule has 0 aliphatic carbocycles. The predicted octanol–water partition coefficient (Wildman–Crippen LogP) is 2.66. The Morgan fingerprint density at radius 1 is 1.00 bits per heavy atom. The number of hydrogen-bond donors (Lipinski definition) is 4. The van der Waals surface area contributed by atoms with E-state index in [2.05, 4.69) is 41.1 Å². The zero-order chi connectivity index (χ0) is 16.8. The van der Waals surface area contributed by atoms with E-state index in [0.717, 1.165) is 29.6 Å². The van der Waals surface area contributed by atoms with Crippen molar-refractivity contribution in [3.63, 3.8) is 0 Å². The number of hydrogen-bond acceptors (Lipinski definition) is 7. The van der Waals surface area contributed by atoms with Gasteiger partial charge in [0.15, 0.2) is 0 Å². The molecule has 0 amide bonds. The zero-order valence-corrected chi connectivity index (χ0v) is 13.7. The largest absolute Gasteiger partial charge is 0.361 e. The first kappa shape index (κ1) is 15.7. The van der Waals surface area contributed by atoms with Crippen LogP contribution in [0.25, 0.3) is 10.9 Å². The van der Waals surface area contributed by atoms with Crippen molar-refractivity contribution >= 4 is 35.0 Å². The number of nitrogens with zero attached hydrogens (tertiary/aromatic N) is 4. The summed E-state index contributed by atoms with van der Waals surface area (Å²) in [5.41, 5.74) is 4.92. The maximum absolute atomic E-state index is 4.28. The van der Waals surface area contributed by atoms with Crippen molar-refractivity contribution < 1.29 is 0 Å². The molecule has 0 unspecified atom stereocenters. The lowest BCUT2D eigenvalue weighted by molar-refractivity contribution is 0.992. The lowest BCUT2D eigenvalue weighted by atomic mass is 10.2. The Labute approximate surface area is 139 Å². The van der Waals surface area contributed by atoms with Gasteiger partial charge in [-0.15, -0.1) is 0 Å². The molecule has 0 atom stereocenters. The molecular formula is C16H20N8. The van der Waals surface area contributed by atoms with Gasteiger partial charge in [-0.05, 0) is 19.9 Å². The molecule has 8 heteroatoms. The number of aromatic amines is 1. The Morgan fingerprint density at radius 2 is 1.67 bits per heavy atom. The first-order valence-electron chi connectivity index (χ1n) is 7.89. The van der Waals surface area contributed by atoms with Gasteiger partial charge < -0.3 is 15.6 Å². The van der Waals surface area contributed by atoms with Gasteiger partial charge in [-0.25, -0.2) is 5.43 Å². The van der Waals surface area contributed by atoms with Crippen LogP contribution >= 0.6 is 0 Å². The van der Waals surface area contributed by atoms with Crippen LogP contribution in [0.3, 0.4) is 0 Å². The quantitative estimate of drug-likeness (QED) is 0.393. The molecule has 1 aromatic carbocycles. The molecule has 0 spiro atoms. The summed E-state index contributed by atoms with van der Waals surface area (Å²) in [7, 11) is 0. The summed E-state index contributed by atoms with van der Waals surface area (Å²) in [6, 6.07) is 8.06. The van der Waals surface area contributed by atoms with Gasteiger partial charge in [0.1, 0.15) is 0 Å². The van der Waals surface area contributed by atoms with Crippen molar-refractivity contribution in [2.24, 2.45) is 5.10 Å². The van der Waals surface area contributed by atoms with Crippen molar-refractivity contribution in [1.82, 2.24) is 19.9 Å². The smallest absolute Gasteiger partial charge is 0.250 e. The molecule has 2 heterocycles. The van der Waals surface area contributed by atoms with E-state index in [0.29, 0.717) is 17.8 Å². The number of hydrazone groups is 1. The van der Waals surface area contributed by atoms with Gasteiger partial charge in [0, 0.05) is 35.8 Å². The van der Waals surface area contributed by atoms with Gasteiger partial charge in [0.2, 0.25) is 17.8 Å². The second kappa shape index (κ2) is 7.40. The van der Waals surface area contributed by atoms with Crippen LogP contribution in [0.5, 0.6) is 0 Å². The second-order valence-corrected chi connectivity index (χ2v) is 5.03. The zero-order valence-electron chi connectivity index (χ0n) is 13.7. The molecule has 0 aliphatic rings. The van der Waals surface area contributed by atoms with Crippen molar-refractivity contribution in [3.8, 4) is 0 Å². The third-order valence-corrected chi connectivity index (χ3v) is 3.29. The highest BCUT2D eigenvalue weighted by atomic mass is 15.4. The fourth-order valence-electron chi connectivity index (χ4n) is 2.26. The molecule has 3 rings (SSSR count). The minimum absolute atomic E-state index is 0.382. The summed E-state index contributed by atoms with van der Waals surface area (Å²) >= 11 is 0. The Hall–Kier alpha value is -3.16. The number of rotatable bonds is 7. The maximum Gasteiger partial charge on any atom is 0.250 e. The van der Waals surface area contributed by atoms with Crippen LogP contribution in [0, 0.1) is 0 Å². The van der Waals surface area contributed by atoms with Gasteiger partial charge in [0.25, 0.3) is 0 Å². The lowest BCUT2D eigenvalue weighted by Gasteiger charge is -2.07. The normalized spacial score (nSPS) is 11.1. The third kappa shape index (κ3) is 3.60. The molecule has 0 saturated heterocycles. The molecule has 0 fully saturated rings. The van der Waals surface area contributed by atoms with Gasteiger partial charge in [0.05, 0.1) is 6.21 Å². The molecule has 2 aromatic heterocycles. The number of benzene rings is 1. The Morgan fingerprint density at radius 3 is 2.38 bits per heavy atom. The van der Waals surface area contributed by atoms with E-state index in [9.17, 15) is 0 Å². The number of anilines is 3. The highest BCUT2D eigenvalue weighted by molar-refractivity contribution is 5.99. The van der Waals surface area contributed by atoms with E-state index >= 15 is 0 Å². The predicted molar refractivity (Wildman–Crippen MR) is 97.7 cm³/mol. The van der Waals surface area contributed by atoms with Crippen LogP contribution in [0.1, 0.15) is 19.4 Å². The highest BCUT2D eigenvalue weighted by Crippen LogP contribution is 2.16. The van der Waals surface area contributed by atoms with Crippen molar-refractivity contribution in [1.29, 1.82) is 0 Å². The Balaban J connectivity index is 1.77. The van der Waals surface area contributed by atoms with E-state index in [1.807, 2.05) is 44.3 Å². The number of fused-ring (bicyclic) bond motifs is 1. The standard InChI is InChI=1S/C16H20N8/c1-3-17-14-21-15(18-4-2)23-16(22-14)24-20-10-11-9-19-13-8-6-5-7-12(11)13/h5-10,19H,3-4H2,1-2H3,(H3,17,18,21,22,23,24)/b20-10+. The van der Waals surface area contributed by atoms with Crippen LogP contribution in [0.4, 0.5) is 17.8 Å². The van der Waals surface area contributed by atoms with Crippen molar-refractivity contribution in [3.05, 3.63) is 36.0 Å². The topological polar surface area (TPSA) is 103 Å².